The van der Waals surface area contributed by atoms with Crippen LogP contribution in [0.4, 0.5) is 5.69 Å². The summed E-state index contributed by atoms with van der Waals surface area (Å²) in [4.78, 5) is 23.1. The number of carbonyl (C=O) groups is 2. The molecule has 2 amide bonds. The Morgan fingerprint density at radius 3 is 2.38 bits per heavy atom. The lowest BCUT2D eigenvalue weighted by atomic mass is 10.1. The largest absolute Gasteiger partial charge is 0.366 e. The zero-order valence-corrected chi connectivity index (χ0v) is 13.1. The Morgan fingerprint density at radius 1 is 1.14 bits per heavy atom. The smallest absolute Gasteiger partial charge is 0.248 e. The number of nitrogens with one attached hydrogen (secondary N) is 1. The molecule has 5 heteroatoms. The molecule has 0 aliphatic rings. The van der Waals surface area contributed by atoms with E-state index >= 15 is 0 Å². The van der Waals surface area contributed by atoms with Crippen LogP contribution in [0.2, 0.25) is 0 Å². The van der Waals surface area contributed by atoms with E-state index in [1.165, 1.54) is 0 Å². The van der Waals surface area contributed by atoms with Crippen LogP contribution >= 0.6 is 15.9 Å². The van der Waals surface area contributed by atoms with Crippen LogP contribution in [0.1, 0.15) is 21.5 Å². The molecule has 0 atom stereocenters. The van der Waals surface area contributed by atoms with Crippen molar-refractivity contribution in [3.63, 3.8) is 0 Å². The highest BCUT2D eigenvalue weighted by molar-refractivity contribution is 9.10. The maximum absolute atomic E-state index is 12.0. The third-order valence-electron chi connectivity index (χ3n) is 3.01. The van der Waals surface area contributed by atoms with Gasteiger partial charge in [-0.2, -0.15) is 0 Å². The first-order chi connectivity index (χ1) is 9.95. The van der Waals surface area contributed by atoms with E-state index in [-0.39, 0.29) is 5.91 Å². The van der Waals surface area contributed by atoms with Gasteiger partial charge in [0.1, 0.15) is 0 Å². The van der Waals surface area contributed by atoms with Crippen molar-refractivity contribution in [2.45, 2.75) is 13.3 Å². The fourth-order valence-corrected chi connectivity index (χ4v) is 2.33. The van der Waals surface area contributed by atoms with Gasteiger partial charge in [-0.3, -0.25) is 9.59 Å². The van der Waals surface area contributed by atoms with Gasteiger partial charge < -0.3 is 11.1 Å². The predicted octanol–water partition coefficient (Wildman–Crippen LogP) is 3.04. The van der Waals surface area contributed by atoms with E-state index < -0.39 is 5.91 Å². The predicted molar refractivity (Wildman–Crippen MR) is 86.2 cm³/mol. The maximum atomic E-state index is 12.0. The van der Waals surface area contributed by atoms with Gasteiger partial charge in [-0.25, -0.2) is 0 Å². The number of anilines is 1. The van der Waals surface area contributed by atoms with Gasteiger partial charge in [0.25, 0.3) is 0 Å². The zero-order valence-electron chi connectivity index (χ0n) is 11.5. The van der Waals surface area contributed by atoms with Gasteiger partial charge in [0.05, 0.1) is 12.1 Å². The monoisotopic (exact) mass is 346 g/mol. The Hall–Kier alpha value is -2.14. The zero-order chi connectivity index (χ0) is 15.4. The third-order valence-corrected chi connectivity index (χ3v) is 3.67. The number of carbonyl (C=O) groups excluding carboxylic acids is 2. The van der Waals surface area contributed by atoms with E-state index in [0.717, 1.165) is 11.1 Å². The van der Waals surface area contributed by atoms with Crippen molar-refractivity contribution < 1.29 is 9.59 Å². The van der Waals surface area contributed by atoms with Crippen LogP contribution in [0, 0.1) is 6.92 Å². The number of amides is 2. The summed E-state index contributed by atoms with van der Waals surface area (Å²) in [5.41, 5.74) is 8.30. The Kier molecular flexibility index (Phi) is 4.75. The summed E-state index contributed by atoms with van der Waals surface area (Å²) in [6.45, 7) is 2.00. The van der Waals surface area contributed by atoms with Crippen LogP contribution in [-0.2, 0) is 11.2 Å². The summed E-state index contributed by atoms with van der Waals surface area (Å²) in [7, 11) is 0. The quantitative estimate of drug-likeness (QED) is 0.892. The minimum absolute atomic E-state index is 0.119. The Morgan fingerprint density at radius 2 is 1.81 bits per heavy atom. The molecule has 0 fully saturated rings. The molecule has 0 unspecified atom stereocenters. The number of hydrogen-bond donors (Lipinski definition) is 2. The van der Waals surface area contributed by atoms with Crippen molar-refractivity contribution in [3.05, 3.63) is 63.6 Å². The van der Waals surface area contributed by atoms with Crippen LogP contribution < -0.4 is 11.1 Å². The molecule has 21 heavy (non-hydrogen) atoms. The van der Waals surface area contributed by atoms with E-state index in [4.69, 9.17) is 5.73 Å². The number of halogens is 1. The van der Waals surface area contributed by atoms with Crippen molar-refractivity contribution in [1.82, 2.24) is 0 Å². The van der Waals surface area contributed by atoms with Crippen molar-refractivity contribution in [2.75, 3.05) is 5.32 Å². The summed E-state index contributed by atoms with van der Waals surface area (Å²) >= 11 is 3.32. The third kappa shape index (κ3) is 4.16. The SMILES string of the molecule is Cc1ccc(CC(=O)Nc2ccc(C(N)=O)cc2Br)cc1. The molecule has 2 rings (SSSR count). The topological polar surface area (TPSA) is 72.2 Å². The molecule has 0 radical (unpaired) electrons. The second-order valence-corrected chi connectivity index (χ2v) is 5.62. The minimum atomic E-state index is -0.506. The summed E-state index contributed by atoms with van der Waals surface area (Å²) < 4.78 is 0.621. The molecule has 2 aromatic rings. The van der Waals surface area contributed by atoms with Crippen molar-refractivity contribution in [1.29, 1.82) is 0 Å². The standard InChI is InChI=1S/C16H15BrN2O2/c1-10-2-4-11(5-3-10)8-15(20)19-14-7-6-12(16(18)21)9-13(14)17/h2-7,9H,8H2,1H3,(H2,18,21)(H,19,20). The van der Waals surface area contributed by atoms with Crippen molar-refractivity contribution in [3.8, 4) is 0 Å². The minimum Gasteiger partial charge on any atom is -0.366 e. The fourth-order valence-electron chi connectivity index (χ4n) is 1.86. The van der Waals surface area contributed by atoms with Gasteiger partial charge >= 0.3 is 0 Å². The molecule has 0 spiro atoms. The summed E-state index contributed by atoms with van der Waals surface area (Å²) in [5, 5.41) is 2.80. The first-order valence-electron chi connectivity index (χ1n) is 6.40. The normalized spacial score (nSPS) is 10.2. The Labute approximate surface area is 131 Å². The highest BCUT2D eigenvalue weighted by Gasteiger charge is 2.09. The van der Waals surface area contributed by atoms with Gasteiger partial charge in [0.15, 0.2) is 0 Å². The van der Waals surface area contributed by atoms with Crippen molar-refractivity contribution >= 4 is 33.4 Å². The summed E-state index contributed by atoms with van der Waals surface area (Å²) in [5.74, 6) is -0.625. The highest BCUT2D eigenvalue weighted by atomic mass is 79.9. The fraction of sp³-hybridized carbons (Fsp3) is 0.125. The molecule has 0 aromatic heterocycles. The van der Waals surface area contributed by atoms with Crippen LogP contribution in [-0.4, -0.2) is 11.8 Å². The molecule has 0 saturated heterocycles. The number of benzene rings is 2. The molecule has 0 bridgehead atoms. The first-order valence-corrected chi connectivity index (χ1v) is 7.20. The second-order valence-electron chi connectivity index (χ2n) is 4.77. The van der Waals surface area contributed by atoms with Crippen LogP contribution in [0.3, 0.4) is 0 Å². The van der Waals surface area contributed by atoms with Crippen molar-refractivity contribution in [2.24, 2.45) is 5.73 Å². The molecule has 0 heterocycles. The van der Waals surface area contributed by atoms with E-state index in [2.05, 4.69) is 21.2 Å². The molecule has 4 nitrogen and oxygen atoms in total. The number of rotatable bonds is 4. The molecule has 0 aliphatic heterocycles. The van der Waals surface area contributed by atoms with Crippen LogP contribution in [0.5, 0.6) is 0 Å². The lowest BCUT2D eigenvalue weighted by molar-refractivity contribution is -0.115. The molecular weight excluding hydrogens is 332 g/mol. The highest BCUT2D eigenvalue weighted by Crippen LogP contribution is 2.23. The lowest BCUT2D eigenvalue weighted by Crippen LogP contribution is -2.15. The maximum Gasteiger partial charge on any atom is 0.248 e. The molecule has 2 aromatic carbocycles. The van der Waals surface area contributed by atoms with Gasteiger partial charge in [0, 0.05) is 10.0 Å². The van der Waals surface area contributed by atoms with Gasteiger partial charge in [-0.15, -0.1) is 0 Å². The average Bonchev–Trinajstić information content (AvgIpc) is 2.43. The second kappa shape index (κ2) is 6.54. The van der Waals surface area contributed by atoms with Gasteiger partial charge in [0.2, 0.25) is 11.8 Å². The lowest BCUT2D eigenvalue weighted by Gasteiger charge is -2.08. The first kappa shape index (κ1) is 15.3. The van der Waals surface area contributed by atoms with E-state index in [0.29, 0.717) is 22.1 Å². The Bertz CT molecular complexity index is 681. The average molecular weight is 347 g/mol. The number of hydrogen-bond acceptors (Lipinski definition) is 2. The molecule has 0 saturated carbocycles. The molecular formula is C16H15BrN2O2. The number of nitrogens with two attached hydrogens (primary N) is 1. The molecule has 0 aliphatic carbocycles. The number of aryl methyl sites for hydroxylation is 1. The Balaban J connectivity index is 2.06. The molecule has 3 N–H and O–H groups in total. The van der Waals surface area contributed by atoms with Gasteiger partial charge in [-0.1, -0.05) is 29.8 Å². The van der Waals surface area contributed by atoms with Crippen LogP contribution in [0.25, 0.3) is 0 Å². The summed E-state index contributed by atoms with van der Waals surface area (Å²) in [6, 6.07) is 12.6. The van der Waals surface area contributed by atoms with Crippen LogP contribution in [0.15, 0.2) is 46.9 Å². The van der Waals surface area contributed by atoms with E-state index in [9.17, 15) is 9.59 Å². The summed E-state index contributed by atoms with van der Waals surface area (Å²) in [6.07, 6.45) is 0.296. The van der Waals surface area contributed by atoms with Gasteiger partial charge in [-0.05, 0) is 46.6 Å². The van der Waals surface area contributed by atoms with E-state index in [1.54, 1.807) is 18.2 Å². The number of primary amides is 1. The van der Waals surface area contributed by atoms with E-state index in [1.807, 2.05) is 31.2 Å². The molecule has 108 valence electrons.